The lowest BCUT2D eigenvalue weighted by atomic mass is 10.1. The van der Waals surface area contributed by atoms with Crippen molar-refractivity contribution in [1.82, 2.24) is 5.43 Å². The van der Waals surface area contributed by atoms with Gasteiger partial charge in [0, 0.05) is 5.56 Å². The predicted molar refractivity (Wildman–Crippen MR) is 108 cm³/mol. The van der Waals surface area contributed by atoms with E-state index in [0.717, 1.165) is 0 Å². The minimum absolute atomic E-state index is 0.142. The van der Waals surface area contributed by atoms with E-state index in [-0.39, 0.29) is 11.3 Å². The highest BCUT2D eigenvalue weighted by Gasteiger charge is 2.15. The van der Waals surface area contributed by atoms with E-state index in [0.29, 0.717) is 22.7 Å². The lowest BCUT2D eigenvalue weighted by Crippen LogP contribution is -2.21. The van der Waals surface area contributed by atoms with Crippen LogP contribution in [0, 0.1) is 0 Å². The summed E-state index contributed by atoms with van der Waals surface area (Å²) in [6.45, 7) is 0. The molecule has 3 rings (SSSR count). The Morgan fingerprint density at radius 3 is 2.55 bits per heavy atom. The second kappa shape index (κ2) is 9.23. The first-order chi connectivity index (χ1) is 14.1. The first-order valence-electron chi connectivity index (χ1n) is 8.61. The molecule has 2 amide bonds. The Bertz CT molecular complexity index is 1030. The van der Waals surface area contributed by atoms with Crippen LogP contribution in [-0.4, -0.2) is 32.2 Å². The van der Waals surface area contributed by atoms with Crippen molar-refractivity contribution in [1.29, 1.82) is 0 Å². The number of rotatable bonds is 7. The van der Waals surface area contributed by atoms with E-state index in [2.05, 4.69) is 15.8 Å². The van der Waals surface area contributed by atoms with Crippen LogP contribution < -0.4 is 20.2 Å². The molecule has 0 aliphatic carbocycles. The third-order valence-electron chi connectivity index (χ3n) is 3.97. The van der Waals surface area contributed by atoms with Gasteiger partial charge in [-0.1, -0.05) is 12.1 Å². The number of para-hydroxylation sites is 1. The van der Waals surface area contributed by atoms with Crippen LogP contribution >= 0.6 is 0 Å². The van der Waals surface area contributed by atoms with Gasteiger partial charge in [-0.15, -0.1) is 0 Å². The first kappa shape index (κ1) is 19.7. The number of nitrogens with zero attached hydrogens (tertiary/aromatic N) is 1. The number of anilines is 1. The maximum absolute atomic E-state index is 12.5. The molecule has 0 saturated heterocycles. The maximum atomic E-state index is 12.5. The molecule has 0 spiro atoms. The quantitative estimate of drug-likeness (QED) is 0.474. The largest absolute Gasteiger partial charge is 0.497 e. The monoisotopic (exact) mass is 393 g/mol. The third kappa shape index (κ3) is 4.81. The molecular formula is C21H19N3O5. The van der Waals surface area contributed by atoms with E-state index in [1.165, 1.54) is 25.7 Å². The predicted octanol–water partition coefficient (Wildman–Crippen LogP) is 3.31. The minimum Gasteiger partial charge on any atom is -0.497 e. The van der Waals surface area contributed by atoms with Crippen molar-refractivity contribution in [3.05, 3.63) is 77.7 Å². The van der Waals surface area contributed by atoms with Crippen LogP contribution in [0.1, 0.15) is 26.5 Å². The van der Waals surface area contributed by atoms with Crippen LogP contribution in [0.5, 0.6) is 11.5 Å². The highest BCUT2D eigenvalue weighted by Crippen LogP contribution is 2.22. The SMILES string of the molecule is COc1ccc(OC)c(/C=N\NC(=O)c2ccccc2NC(=O)c2ccco2)c1. The molecule has 0 aliphatic heterocycles. The van der Waals surface area contributed by atoms with E-state index >= 15 is 0 Å². The average molecular weight is 393 g/mol. The zero-order valence-electron chi connectivity index (χ0n) is 15.8. The summed E-state index contributed by atoms with van der Waals surface area (Å²) in [4.78, 5) is 24.7. The van der Waals surface area contributed by atoms with E-state index in [1.54, 1.807) is 55.6 Å². The highest BCUT2D eigenvalue weighted by atomic mass is 16.5. The molecular weight excluding hydrogens is 374 g/mol. The van der Waals surface area contributed by atoms with E-state index in [1.807, 2.05) is 0 Å². The van der Waals surface area contributed by atoms with Gasteiger partial charge in [0.2, 0.25) is 0 Å². The molecule has 2 aromatic carbocycles. The van der Waals surface area contributed by atoms with Gasteiger partial charge in [-0.2, -0.15) is 5.10 Å². The standard InChI is InChI=1S/C21H19N3O5/c1-27-15-9-10-18(28-2)14(12-15)13-22-24-20(25)16-6-3-4-7-17(16)23-21(26)19-8-5-11-29-19/h3-13H,1-2H3,(H,23,26)(H,24,25)/b22-13-. The van der Waals surface area contributed by atoms with Crippen molar-refractivity contribution in [3.63, 3.8) is 0 Å². The minimum atomic E-state index is -0.488. The summed E-state index contributed by atoms with van der Waals surface area (Å²) < 4.78 is 15.5. The smallest absolute Gasteiger partial charge is 0.291 e. The fourth-order valence-corrected chi connectivity index (χ4v) is 2.54. The number of hydrazone groups is 1. The fraction of sp³-hybridized carbons (Fsp3) is 0.0952. The Kier molecular flexibility index (Phi) is 6.26. The van der Waals surface area contributed by atoms with Crippen molar-refractivity contribution in [2.24, 2.45) is 5.10 Å². The first-order valence-corrected chi connectivity index (χ1v) is 8.61. The van der Waals surface area contributed by atoms with Gasteiger partial charge < -0.3 is 19.2 Å². The van der Waals surface area contributed by atoms with Crippen LogP contribution in [0.4, 0.5) is 5.69 Å². The van der Waals surface area contributed by atoms with Crippen molar-refractivity contribution in [3.8, 4) is 11.5 Å². The lowest BCUT2D eigenvalue weighted by Gasteiger charge is -2.09. The van der Waals surface area contributed by atoms with Crippen molar-refractivity contribution >= 4 is 23.7 Å². The van der Waals surface area contributed by atoms with Crippen LogP contribution in [0.3, 0.4) is 0 Å². The van der Waals surface area contributed by atoms with Gasteiger partial charge in [0.05, 0.1) is 37.9 Å². The number of furan rings is 1. The molecule has 3 aromatic rings. The van der Waals surface area contributed by atoms with Crippen molar-refractivity contribution in [2.45, 2.75) is 0 Å². The van der Waals surface area contributed by atoms with Crippen molar-refractivity contribution < 1.29 is 23.5 Å². The number of carbonyl (C=O) groups excluding carboxylic acids is 2. The highest BCUT2D eigenvalue weighted by molar-refractivity contribution is 6.08. The van der Waals surface area contributed by atoms with Crippen LogP contribution in [0.25, 0.3) is 0 Å². The number of hydrogen-bond donors (Lipinski definition) is 2. The number of carbonyl (C=O) groups is 2. The molecule has 0 fully saturated rings. The van der Waals surface area contributed by atoms with Crippen LogP contribution in [-0.2, 0) is 0 Å². The summed E-state index contributed by atoms with van der Waals surface area (Å²) in [6.07, 6.45) is 2.85. The fourth-order valence-electron chi connectivity index (χ4n) is 2.54. The van der Waals surface area contributed by atoms with Gasteiger partial charge >= 0.3 is 0 Å². The number of methoxy groups -OCH3 is 2. The zero-order chi connectivity index (χ0) is 20.6. The molecule has 0 unspecified atom stereocenters. The molecule has 0 bridgehead atoms. The van der Waals surface area contributed by atoms with Gasteiger partial charge in [0.1, 0.15) is 11.5 Å². The second-order valence-electron chi connectivity index (χ2n) is 5.78. The maximum Gasteiger partial charge on any atom is 0.291 e. The van der Waals surface area contributed by atoms with E-state index < -0.39 is 11.8 Å². The molecule has 0 radical (unpaired) electrons. The lowest BCUT2D eigenvalue weighted by molar-refractivity contribution is 0.0956. The number of ether oxygens (including phenoxy) is 2. The topological polar surface area (TPSA) is 102 Å². The van der Waals surface area contributed by atoms with Gasteiger partial charge in [-0.25, -0.2) is 5.43 Å². The van der Waals surface area contributed by atoms with Gasteiger partial charge in [0.25, 0.3) is 11.8 Å². The molecule has 1 heterocycles. The normalized spacial score (nSPS) is 10.6. The Balaban J connectivity index is 1.73. The summed E-state index contributed by atoms with van der Waals surface area (Å²) >= 11 is 0. The molecule has 148 valence electrons. The molecule has 29 heavy (non-hydrogen) atoms. The Morgan fingerprint density at radius 2 is 1.83 bits per heavy atom. The molecule has 8 heteroatoms. The van der Waals surface area contributed by atoms with Gasteiger partial charge in [-0.3, -0.25) is 9.59 Å². The number of hydrogen-bond acceptors (Lipinski definition) is 6. The van der Waals surface area contributed by atoms with Crippen LogP contribution in [0.2, 0.25) is 0 Å². The van der Waals surface area contributed by atoms with Crippen molar-refractivity contribution in [2.75, 3.05) is 19.5 Å². The molecule has 0 saturated carbocycles. The third-order valence-corrected chi connectivity index (χ3v) is 3.97. The summed E-state index contributed by atoms with van der Waals surface area (Å²) in [5.41, 5.74) is 3.66. The molecule has 0 aliphatic rings. The summed E-state index contributed by atoms with van der Waals surface area (Å²) in [6, 6.07) is 14.9. The number of benzene rings is 2. The molecule has 0 atom stereocenters. The number of amides is 2. The summed E-state index contributed by atoms with van der Waals surface area (Å²) in [5.74, 6) is 0.404. The van der Waals surface area contributed by atoms with Crippen LogP contribution in [0.15, 0.2) is 70.4 Å². The second-order valence-corrected chi connectivity index (χ2v) is 5.78. The Morgan fingerprint density at radius 1 is 1.00 bits per heavy atom. The van der Waals surface area contributed by atoms with Gasteiger partial charge in [-0.05, 0) is 42.5 Å². The Labute approximate surface area is 167 Å². The Hall–Kier alpha value is -4.07. The zero-order valence-corrected chi connectivity index (χ0v) is 15.8. The average Bonchev–Trinajstić information content (AvgIpc) is 3.29. The number of nitrogens with one attached hydrogen (secondary N) is 2. The summed E-state index contributed by atoms with van der Waals surface area (Å²) in [7, 11) is 3.09. The summed E-state index contributed by atoms with van der Waals surface area (Å²) in [5, 5.41) is 6.63. The van der Waals surface area contributed by atoms with E-state index in [4.69, 9.17) is 13.9 Å². The van der Waals surface area contributed by atoms with Gasteiger partial charge in [0.15, 0.2) is 5.76 Å². The molecule has 2 N–H and O–H groups in total. The molecule has 8 nitrogen and oxygen atoms in total. The molecule has 1 aromatic heterocycles. The van der Waals surface area contributed by atoms with E-state index in [9.17, 15) is 9.59 Å².